The molecule has 0 spiro atoms. The van der Waals surface area contributed by atoms with Gasteiger partial charge < -0.3 is 15.4 Å². The van der Waals surface area contributed by atoms with Gasteiger partial charge in [-0.1, -0.05) is 30.3 Å². The molecule has 0 saturated carbocycles. The summed E-state index contributed by atoms with van der Waals surface area (Å²) < 4.78 is 18.8. The lowest BCUT2D eigenvalue weighted by Gasteiger charge is -2.10. The second kappa shape index (κ2) is 9.32. The highest BCUT2D eigenvalue weighted by Crippen LogP contribution is 2.23. The Labute approximate surface area is 167 Å². The van der Waals surface area contributed by atoms with Crippen LogP contribution >= 0.6 is 0 Å². The molecule has 29 heavy (non-hydrogen) atoms. The molecule has 2 amide bonds. The molecule has 5 nitrogen and oxygen atoms in total. The minimum Gasteiger partial charge on any atom is -0.495 e. The van der Waals surface area contributed by atoms with Gasteiger partial charge >= 0.3 is 0 Å². The van der Waals surface area contributed by atoms with Crippen molar-refractivity contribution in [2.45, 2.75) is 0 Å². The Kier molecular flexibility index (Phi) is 6.37. The standard InChI is InChI=1S/C23H19FN2O3/c1-29-21-9-5-4-8-20(21)26-23(28)17-10-13-18(14-11-17)25-22(27)15-12-16-6-2-3-7-19(16)24/h2-15H,1H3,(H,25,27)(H,26,28)/b15-12+. The van der Waals surface area contributed by atoms with E-state index in [1.165, 1.54) is 25.3 Å². The van der Waals surface area contributed by atoms with Crippen molar-refractivity contribution in [1.29, 1.82) is 0 Å². The zero-order valence-corrected chi connectivity index (χ0v) is 15.7. The van der Waals surface area contributed by atoms with Crippen LogP contribution in [0.25, 0.3) is 6.08 Å². The zero-order chi connectivity index (χ0) is 20.6. The first-order valence-electron chi connectivity index (χ1n) is 8.85. The number of ether oxygens (including phenoxy) is 1. The van der Waals surface area contributed by atoms with Crippen LogP contribution in [0.1, 0.15) is 15.9 Å². The number of rotatable bonds is 6. The molecular formula is C23H19FN2O3. The van der Waals surface area contributed by atoms with E-state index in [2.05, 4.69) is 10.6 Å². The highest BCUT2D eigenvalue weighted by molar-refractivity contribution is 6.06. The van der Waals surface area contributed by atoms with Crippen LogP contribution < -0.4 is 15.4 Å². The smallest absolute Gasteiger partial charge is 0.255 e. The quantitative estimate of drug-likeness (QED) is 0.598. The number of hydrogen-bond donors (Lipinski definition) is 2. The molecule has 0 fully saturated rings. The predicted octanol–water partition coefficient (Wildman–Crippen LogP) is 4.74. The van der Waals surface area contributed by atoms with Crippen LogP contribution in [0.3, 0.4) is 0 Å². The highest BCUT2D eigenvalue weighted by Gasteiger charge is 2.09. The number of benzene rings is 3. The van der Waals surface area contributed by atoms with E-state index in [4.69, 9.17) is 4.74 Å². The fraction of sp³-hybridized carbons (Fsp3) is 0.0435. The number of halogens is 1. The Balaban J connectivity index is 1.61. The molecule has 0 atom stereocenters. The third-order valence-corrected chi connectivity index (χ3v) is 4.09. The van der Waals surface area contributed by atoms with E-state index < -0.39 is 11.7 Å². The van der Waals surface area contributed by atoms with E-state index in [1.54, 1.807) is 60.7 Å². The van der Waals surface area contributed by atoms with Crippen LogP contribution in [0.2, 0.25) is 0 Å². The lowest BCUT2D eigenvalue weighted by atomic mass is 10.1. The molecule has 0 unspecified atom stereocenters. The van der Waals surface area contributed by atoms with Gasteiger partial charge in [0.25, 0.3) is 5.91 Å². The first-order valence-corrected chi connectivity index (χ1v) is 8.85. The molecule has 0 aromatic heterocycles. The van der Waals surface area contributed by atoms with Crippen LogP contribution in [-0.2, 0) is 4.79 Å². The van der Waals surface area contributed by atoms with Crippen molar-refractivity contribution in [3.63, 3.8) is 0 Å². The van der Waals surface area contributed by atoms with E-state index in [9.17, 15) is 14.0 Å². The van der Waals surface area contributed by atoms with Crippen LogP contribution in [0, 0.1) is 5.82 Å². The maximum Gasteiger partial charge on any atom is 0.255 e. The Morgan fingerprint density at radius 3 is 2.31 bits per heavy atom. The van der Waals surface area contributed by atoms with Gasteiger partial charge in [-0.05, 0) is 48.5 Å². The Morgan fingerprint density at radius 1 is 0.897 bits per heavy atom. The molecule has 0 aliphatic carbocycles. The van der Waals surface area contributed by atoms with Gasteiger partial charge in [0.15, 0.2) is 0 Å². The Bertz CT molecular complexity index is 1050. The van der Waals surface area contributed by atoms with Crippen molar-refractivity contribution in [3.05, 3.63) is 95.8 Å². The van der Waals surface area contributed by atoms with Gasteiger partial charge in [-0.3, -0.25) is 9.59 Å². The highest BCUT2D eigenvalue weighted by atomic mass is 19.1. The molecule has 0 radical (unpaired) electrons. The van der Waals surface area contributed by atoms with Crippen molar-refractivity contribution < 1.29 is 18.7 Å². The number of amides is 2. The monoisotopic (exact) mass is 390 g/mol. The van der Waals surface area contributed by atoms with Crippen LogP contribution in [-0.4, -0.2) is 18.9 Å². The van der Waals surface area contributed by atoms with Crippen LogP contribution in [0.4, 0.5) is 15.8 Å². The third kappa shape index (κ3) is 5.29. The zero-order valence-electron chi connectivity index (χ0n) is 15.7. The van der Waals surface area contributed by atoms with E-state index in [0.29, 0.717) is 28.3 Å². The topological polar surface area (TPSA) is 67.4 Å². The second-order valence-corrected chi connectivity index (χ2v) is 6.08. The lowest BCUT2D eigenvalue weighted by molar-refractivity contribution is -0.111. The first-order chi connectivity index (χ1) is 14.1. The van der Waals surface area contributed by atoms with Crippen molar-refractivity contribution >= 4 is 29.3 Å². The number of carbonyl (C=O) groups excluding carboxylic acids is 2. The molecule has 0 aliphatic rings. The number of methoxy groups -OCH3 is 1. The Hall–Kier alpha value is -3.93. The molecule has 0 aliphatic heterocycles. The minimum atomic E-state index is -0.403. The number of para-hydroxylation sites is 2. The summed E-state index contributed by atoms with van der Waals surface area (Å²) in [5.74, 6) is -0.542. The van der Waals surface area contributed by atoms with Crippen molar-refractivity contribution in [2.24, 2.45) is 0 Å². The van der Waals surface area contributed by atoms with Gasteiger partial charge in [0.1, 0.15) is 11.6 Å². The van der Waals surface area contributed by atoms with Gasteiger partial charge in [0.2, 0.25) is 5.91 Å². The SMILES string of the molecule is COc1ccccc1NC(=O)c1ccc(NC(=O)/C=C/c2ccccc2F)cc1. The molecule has 6 heteroatoms. The Morgan fingerprint density at radius 2 is 1.59 bits per heavy atom. The van der Waals surface area contributed by atoms with Crippen LogP contribution in [0.15, 0.2) is 78.9 Å². The van der Waals surface area contributed by atoms with Gasteiger partial charge in [0, 0.05) is 22.9 Å². The summed E-state index contributed by atoms with van der Waals surface area (Å²) in [6.07, 6.45) is 2.65. The second-order valence-electron chi connectivity index (χ2n) is 6.08. The number of hydrogen-bond acceptors (Lipinski definition) is 3. The van der Waals surface area contributed by atoms with E-state index in [1.807, 2.05) is 6.07 Å². The molecule has 3 rings (SSSR count). The van der Waals surface area contributed by atoms with E-state index in [0.717, 1.165) is 0 Å². The lowest BCUT2D eigenvalue weighted by Crippen LogP contribution is -2.13. The van der Waals surface area contributed by atoms with Gasteiger partial charge in [-0.2, -0.15) is 0 Å². The molecule has 3 aromatic carbocycles. The van der Waals surface area contributed by atoms with Crippen LogP contribution in [0.5, 0.6) is 5.75 Å². The normalized spacial score (nSPS) is 10.6. The summed E-state index contributed by atoms with van der Waals surface area (Å²) in [6.45, 7) is 0. The molecule has 0 heterocycles. The minimum absolute atomic E-state index is 0.299. The molecule has 0 saturated heterocycles. The average Bonchev–Trinajstić information content (AvgIpc) is 2.74. The number of carbonyl (C=O) groups is 2. The third-order valence-electron chi connectivity index (χ3n) is 4.09. The summed E-state index contributed by atoms with van der Waals surface area (Å²) in [6, 6.07) is 19.7. The summed E-state index contributed by atoms with van der Waals surface area (Å²) in [5.41, 5.74) is 1.83. The molecule has 3 aromatic rings. The van der Waals surface area contributed by atoms with E-state index >= 15 is 0 Å². The predicted molar refractivity (Wildman–Crippen MR) is 111 cm³/mol. The first kappa shape index (κ1) is 19.8. The molecule has 146 valence electrons. The van der Waals surface area contributed by atoms with Crippen molar-refractivity contribution in [1.82, 2.24) is 0 Å². The van der Waals surface area contributed by atoms with Crippen molar-refractivity contribution in [2.75, 3.05) is 17.7 Å². The number of nitrogens with one attached hydrogen (secondary N) is 2. The summed E-state index contributed by atoms with van der Waals surface area (Å²) in [7, 11) is 1.53. The fourth-order valence-corrected chi connectivity index (χ4v) is 2.61. The molecule has 0 bridgehead atoms. The summed E-state index contributed by atoms with van der Waals surface area (Å²) >= 11 is 0. The fourth-order valence-electron chi connectivity index (χ4n) is 2.61. The molecule has 2 N–H and O–H groups in total. The maximum atomic E-state index is 13.6. The summed E-state index contributed by atoms with van der Waals surface area (Å²) in [4.78, 5) is 24.4. The van der Waals surface area contributed by atoms with Gasteiger partial charge in [-0.15, -0.1) is 0 Å². The number of anilines is 2. The largest absolute Gasteiger partial charge is 0.495 e. The van der Waals surface area contributed by atoms with Gasteiger partial charge in [0.05, 0.1) is 12.8 Å². The van der Waals surface area contributed by atoms with Gasteiger partial charge in [-0.25, -0.2) is 4.39 Å². The van der Waals surface area contributed by atoms with E-state index in [-0.39, 0.29) is 5.91 Å². The summed E-state index contributed by atoms with van der Waals surface area (Å²) in [5, 5.41) is 5.45. The average molecular weight is 390 g/mol. The molecular weight excluding hydrogens is 371 g/mol. The maximum absolute atomic E-state index is 13.6. The van der Waals surface area contributed by atoms with Crippen molar-refractivity contribution in [3.8, 4) is 5.75 Å².